The molecule has 0 saturated carbocycles. The summed E-state index contributed by atoms with van der Waals surface area (Å²) in [6.07, 6.45) is 1.63. The number of benzene rings is 1. The lowest BCUT2D eigenvalue weighted by atomic mass is 9.99. The molecule has 0 radical (unpaired) electrons. The van der Waals surface area contributed by atoms with Crippen LogP contribution >= 0.6 is 15.9 Å². The van der Waals surface area contributed by atoms with E-state index in [1.807, 2.05) is 24.3 Å². The number of carbonyl (C=O) groups is 1. The van der Waals surface area contributed by atoms with Crippen molar-refractivity contribution in [3.05, 3.63) is 46.6 Å². The summed E-state index contributed by atoms with van der Waals surface area (Å²) in [5, 5.41) is 0. The maximum absolute atomic E-state index is 12.2. The number of nitrogen functional groups attached to an aromatic ring is 1. The molecule has 1 aromatic heterocycles. The minimum atomic E-state index is -0.0602. The first-order valence-electron chi connectivity index (χ1n) is 5.72. The van der Waals surface area contributed by atoms with Gasteiger partial charge in [0.15, 0.2) is 0 Å². The molecule has 0 bridgehead atoms. The lowest BCUT2D eigenvalue weighted by molar-refractivity contribution is 0.0828. The molecule has 2 aromatic rings. The Labute approximate surface area is 120 Å². The van der Waals surface area contributed by atoms with E-state index in [4.69, 9.17) is 5.73 Å². The van der Waals surface area contributed by atoms with Crippen LogP contribution in [0.25, 0.3) is 11.1 Å². The molecule has 2 N–H and O–H groups in total. The first-order valence-corrected chi connectivity index (χ1v) is 6.52. The van der Waals surface area contributed by atoms with Crippen molar-refractivity contribution in [3.63, 3.8) is 0 Å². The number of nitrogens with two attached hydrogens (primary N) is 1. The van der Waals surface area contributed by atoms with Crippen LogP contribution < -0.4 is 5.73 Å². The summed E-state index contributed by atoms with van der Waals surface area (Å²) in [4.78, 5) is 17.8. The summed E-state index contributed by atoms with van der Waals surface area (Å²) in [6.45, 7) is 0. The molecule has 0 aliphatic rings. The quantitative estimate of drug-likeness (QED) is 0.926. The predicted molar refractivity (Wildman–Crippen MR) is 79.8 cm³/mol. The van der Waals surface area contributed by atoms with Gasteiger partial charge < -0.3 is 10.6 Å². The third-order valence-corrected chi connectivity index (χ3v) is 3.17. The predicted octanol–water partition coefficient (Wildman–Crippen LogP) is 2.80. The van der Waals surface area contributed by atoms with Gasteiger partial charge in [0.05, 0.1) is 0 Å². The number of aromatic nitrogens is 1. The molecule has 1 heterocycles. The fraction of sp³-hybridized carbons (Fsp3) is 0.143. The molecule has 0 saturated heterocycles. The Morgan fingerprint density at radius 2 is 1.95 bits per heavy atom. The van der Waals surface area contributed by atoms with Gasteiger partial charge in [0.1, 0.15) is 5.82 Å². The molecule has 0 aliphatic carbocycles. The van der Waals surface area contributed by atoms with Gasteiger partial charge in [-0.2, -0.15) is 0 Å². The maximum atomic E-state index is 12.2. The highest BCUT2D eigenvalue weighted by Crippen LogP contribution is 2.30. The van der Waals surface area contributed by atoms with E-state index in [1.165, 1.54) is 0 Å². The van der Waals surface area contributed by atoms with Gasteiger partial charge in [0, 0.05) is 35.9 Å². The van der Waals surface area contributed by atoms with E-state index in [1.54, 1.807) is 31.3 Å². The highest BCUT2D eigenvalue weighted by atomic mass is 79.9. The maximum Gasteiger partial charge on any atom is 0.253 e. The first kappa shape index (κ1) is 13.5. The Bertz CT molecular complexity index is 626. The number of amides is 1. The number of nitrogens with zero attached hydrogens (tertiary/aromatic N) is 2. The summed E-state index contributed by atoms with van der Waals surface area (Å²) < 4.78 is 0.823. The van der Waals surface area contributed by atoms with Gasteiger partial charge >= 0.3 is 0 Å². The molecular weight excluding hydrogens is 306 g/mol. The topological polar surface area (TPSA) is 59.2 Å². The minimum Gasteiger partial charge on any atom is -0.383 e. The van der Waals surface area contributed by atoms with Crippen LogP contribution in [0.5, 0.6) is 0 Å². The number of anilines is 1. The van der Waals surface area contributed by atoms with Gasteiger partial charge in [-0.25, -0.2) is 4.98 Å². The molecule has 19 heavy (non-hydrogen) atoms. The average molecular weight is 320 g/mol. The fourth-order valence-corrected chi connectivity index (χ4v) is 2.14. The van der Waals surface area contributed by atoms with Crippen molar-refractivity contribution < 1.29 is 4.79 Å². The van der Waals surface area contributed by atoms with Crippen LogP contribution in [0.1, 0.15) is 10.4 Å². The van der Waals surface area contributed by atoms with Crippen LogP contribution in [0.15, 0.2) is 41.0 Å². The van der Waals surface area contributed by atoms with E-state index in [-0.39, 0.29) is 5.91 Å². The van der Waals surface area contributed by atoms with Gasteiger partial charge in [0.2, 0.25) is 0 Å². The second-order valence-corrected chi connectivity index (χ2v) is 5.25. The van der Waals surface area contributed by atoms with Crippen molar-refractivity contribution >= 4 is 27.7 Å². The van der Waals surface area contributed by atoms with Gasteiger partial charge in [0.25, 0.3) is 5.91 Å². The van der Waals surface area contributed by atoms with Crippen molar-refractivity contribution in [1.29, 1.82) is 0 Å². The Balaban J connectivity index is 2.63. The van der Waals surface area contributed by atoms with Crippen molar-refractivity contribution in [2.75, 3.05) is 19.8 Å². The van der Waals surface area contributed by atoms with Crippen molar-refractivity contribution in [2.45, 2.75) is 0 Å². The summed E-state index contributed by atoms with van der Waals surface area (Å²) >= 11 is 3.37. The largest absolute Gasteiger partial charge is 0.383 e. The van der Waals surface area contributed by atoms with E-state index >= 15 is 0 Å². The van der Waals surface area contributed by atoms with Crippen molar-refractivity contribution in [2.24, 2.45) is 0 Å². The molecular formula is C14H14BrN3O. The highest BCUT2D eigenvalue weighted by molar-refractivity contribution is 9.10. The van der Waals surface area contributed by atoms with Crippen LogP contribution in [-0.4, -0.2) is 29.9 Å². The Morgan fingerprint density at radius 1 is 1.26 bits per heavy atom. The van der Waals surface area contributed by atoms with Crippen molar-refractivity contribution in [3.8, 4) is 11.1 Å². The Kier molecular flexibility index (Phi) is 3.85. The average Bonchev–Trinajstić information content (AvgIpc) is 2.40. The number of halogens is 1. The molecule has 0 spiro atoms. The van der Waals surface area contributed by atoms with E-state index in [2.05, 4.69) is 20.9 Å². The number of hydrogen-bond donors (Lipinski definition) is 1. The first-order chi connectivity index (χ1) is 9.00. The third kappa shape index (κ3) is 2.76. The molecule has 1 amide bonds. The van der Waals surface area contributed by atoms with Crippen molar-refractivity contribution in [1.82, 2.24) is 9.88 Å². The smallest absolute Gasteiger partial charge is 0.253 e. The van der Waals surface area contributed by atoms with E-state index in [0.29, 0.717) is 11.4 Å². The molecule has 5 heteroatoms. The van der Waals surface area contributed by atoms with Crippen LogP contribution in [0.4, 0.5) is 5.82 Å². The number of carbonyl (C=O) groups excluding carboxylic acids is 1. The number of pyridine rings is 1. The number of hydrogen-bond acceptors (Lipinski definition) is 3. The highest BCUT2D eigenvalue weighted by Gasteiger charge is 2.16. The molecule has 1 aromatic carbocycles. The standard InChI is InChI=1S/C14H14BrN3O/c1-18(2)14(19)11-6-4-3-5-10(11)12-7-9(15)8-17-13(12)16/h3-8H,1-2H3,(H2,16,17). The van der Waals surface area contributed by atoms with E-state index in [0.717, 1.165) is 15.6 Å². The van der Waals surface area contributed by atoms with Gasteiger partial charge in [-0.05, 0) is 33.6 Å². The van der Waals surface area contributed by atoms with E-state index < -0.39 is 0 Å². The zero-order chi connectivity index (χ0) is 14.0. The number of rotatable bonds is 2. The molecule has 0 unspecified atom stereocenters. The Hall–Kier alpha value is -1.88. The summed E-state index contributed by atoms with van der Waals surface area (Å²) in [5.41, 5.74) is 8.05. The zero-order valence-electron chi connectivity index (χ0n) is 10.7. The summed E-state index contributed by atoms with van der Waals surface area (Å²) in [6, 6.07) is 9.24. The normalized spacial score (nSPS) is 10.3. The third-order valence-electron chi connectivity index (χ3n) is 2.74. The molecule has 0 atom stereocenters. The second kappa shape index (κ2) is 5.40. The lowest BCUT2D eigenvalue weighted by Crippen LogP contribution is -2.22. The fourth-order valence-electron chi connectivity index (χ4n) is 1.81. The van der Waals surface area contributed by atoms with Crippen LogP contribution in [0.3, 0.4) is 0 Å². The van der Waals surface area contributed by atoms with E-state index in [9.17, 15) is 4.79 Å². The zero-order valence-corrected chi connectivity index (χ0v) is 12.3. The molecule has 2 rings (SSSR count). The Morgan fingerprint density at radius 3 is 2.63 bits per heavy atom. The van der Waals surface area contributed by atoms with Crippen LogP contribution in [-0.2, 0) is 0 Å². The second-order valence-electron chi connectivity index (χ2n) is 4.33. The molecule has 0 aliphatic heterocycles. The van der Waals surface area contributed by atoms with Gasteiger partial charge in [-0.3, -0.25) is 4.79 Å². The molecule has 0 fully saturated rings. The summed E-state index contributed by atoms with van der Waals surface area (Å²) in [7, 11) is 3.45. The van der Waals surface area contributed by atoms with Crippen LogP contribution in [0, 0.1) is 0 Å². The van der Waals surface area contributed by atoms with Crippen LogP contribution in [0.2, 0.25) is 0 Å². The minimum absolute atomic E-state index is 0.0602. The lowest BCUT2D eigenvalue weighted by Gasteiger charge is -2.15. The molecule has 98 valence electrons. The van der Waals surface area contributed by atoms with Gasteiger partial charge in [-0.15, -0.1) is 0 Å². The van der Waals surface area contributed by atoms with Gasteiger partial charge in [-0.1, -0.05) is 18.2 Å². The SMILES string of the molecule is CN(C)C(=O)c1ccccc1-c1cc(Br)cnc1N. The molecule has 4 nitrogen and oxygen atoms in total. The monoisotopic (exact) mass is 319 g/mol. The summed E-state index contributed by atoms with van der Waals surface area (Å²) in [5.74, 6) is 0.345.